The Kier molecular flexibility index (Phi) is 5.03. The molecule has 1 saturated heterocycles. The smallest absolute Gasteiger partial charge is 0.0884 e. The molecule has 0 aromatic carbocycles. The summed E-state index contributed by atoms with van der Waals surface area (Å²) < 4.78 is 11.0. The van der Waals surface area contributed by atoms with E-state index < -0.39 is 11.7 Å². The van der Waals surface area contributed by atoms with E-state index in [1.54, 1.807) is 0 Å². The van der Waals surface area contributed by atoms with Gasteiger partial charge in [0, 0.05) is 13.2 Å². The summed E-state index contributed by atoms with van der Waals surface area (Å²) in [6.45, 7) is 7.36. The van der Waals surface area contributed by atoms with Crippen molar-refractivity contribution in [3.8, 4) is 0 Å². The highest BCUT2D eigenvalue weighted by atomic mass is 16.5. The fourth-order valence-electron chi connectivity index (χ4n) is 2.03. The van der Waals surface area contributed by atoms with Crippen molar-refractivity contribution < 1.29 is 14.6 Å². The highest BCUT2D eigenvalue weighted by molar-refractivity contribution is 4.80. The molecule has 2 unspecified atom stereocenters. The molecule has 1 aliphatic rings. The van der Waals surface area contributed by atoms with Crippen molar-refractivity contribution in [2.75, 3.05) is 13.2 Å². The molecular weight excluding hydrogens is 192 g/mol. The Morgan fingerprint density at radius 3 is 2.80 bits per heavy atom. The van der Waals surface area contributed by atoms with E-state index in [-0.39, 0.29) is 0 Å². The van der Waals surface area contributed by atoms with Gasteiger partial charge in [-0.3, -0.25) is 0 Å². The molecule has 0 aromatic heterocycles. The Balaban J connectivity index is 2.24. The van der Waals surface area contributed by atoms with Crippen LogP contribution in [-0.2, 0) is 9.47 Å². The van der Waals surface area contributed by atoms with Gasteiger partial charge in [-0.1, -0.05) is 0 Å². The topological polar surface area (TPSA) is 38.7 Å². The summed E-state index contributed by atoms with van der Waals surface area (Å²) >= 11 is 0. The van der Waals surface area contributed by atoms with Crippen molar-refractivity contribution >= 4 is 0 Å². The average Bonchev–Trinajstić information content (AvgIpc) is 2.66. The van der Waals surface area contributed by atoms with Gasteiger partial charge in [0.15, 0.2) is 0 Å². The maximum atomic E-state index is 9.99. The molecule has 3 heteroatoms. The molecule has 1 fully saturated rings. The number of hydrogen-bond acceptors (Lipinski definition) is 3. The lowest BCUT2D eigenvalue weighted by Crippen LogP contribution is -2.39. The zero-order chi connectivity index (χ0) is 11.3. The highest BCUT2D eigenvalue weighted by Crippen LogP contribution is 2.23. The van der Waals surface area contributed by atoms with Gasteiger partial charge in [-0.15, -0.1) is 0 Å². The average molecular weight is 216 g/mol. The first-order chi connectivity index (χ1) is 7.06. The Morgan fingerprint density at radius 2 is 2.27 bits per heavy atom. The van der Waals surface area contributed by atoms with Crippen LogP contribution in [0.15, 0.2) is 0 Å². The van der Waals surface area contributed by atoms with Crippen LogP contribution in [0.25, 0.3) is 0 Å². The molecule has 15 heavy (non-hydrogen) atoms. The molecule has 0 bridgehead atoms. The summed E-state index contributed by atoms with van der Waals surface area (Å²) in [7, 11) is 0. The summed E-state index contributed by atoms with van der Waals surface area (Å²) in [5.74, 6) is 0. The fraction of sp³-hybridized carbons (Fsp3) is 1.00. The second kappa shape index (κ2) is 5.83. The van der Waals surface area contributed by atoms with E-state index in [2.05, 4.69) is 0 Å². The number of rotatable bonds is 6. The maximum absolute atomic E-state index is 9.99. The minimum atomic E-state index is -0.437. The molecule has 1 N–H and O–H groups in total. The van der Waals surface area contributed by atoms with Crippen molar-refractivity contribution in [3.05, 3.63) is 0 Å². The third kappa shape index (κ3) is 4.09. The van der Waals surface area contributed by atoms with Gasteiger partial charge in [-0.25, -0.2) is 0 Å². The minimum absolute atomic E-state index is 0.358. The van der Waals surface area contributed by atoms with Crippen LogP contribution in [0.5, 0.6) is 0 Å². The summed E-state index contributed by atoms with van der Waals surface area (Å²) in [6.07, 6.45) is 3.96. The van der Waals surface area contributed by atoms with Gasteiger partial charge in [0.1, 0.15) is 0 Å². The molecule has 1 aliphatic heterocycles. The first-order valence-electron chi connectivity index (χ1n) is 6.00. The lowest BCUT2D eigenvalue weighted by atomic mass is 9.95. The summed E-state index contributed by atoms with van der Waals surface area (Å²) in [6, 6.07) is 0. The van der Waals surface area contributed by atoms with E-state index in [4.69, 9.17) is 9.47 Å². The van der Waals surface area contributed by atoms with Gasteiger partial charge in [-0.05, 0) is 46.5 Å². The fourth-order valence-corrected chi connectivity index (χ4v) is 2.03. The predicted octanol–water partition coefficient (Wildman–Crippen LogP) is 2.12. The van der Waals surface area contributed by atoms with Crippen molar-refractivity contribution in [2.24, 2.45) is 0 Å². The van der Waals surface area contributed by atoms with Crippen molar-refractivity contribution in [1.82, 2.24) is 0 Å². The maximum Gasteiger partial charge on any atom is 0.0884 e. The minimum Gasteiger partial charge on any atom is -0.390 e. The van der Waals surface area contributed by atoms with E-state index in [1.807, 2.05) is 20.8 Å². The summed E-state index contributed by atoms with van der Waals surface area (Å²) in [5, 5.41) is 9.99. The van der Waals surface area contributed by atoms with Crippen LogP contribution in [0.4, 0.5) is 0 Å². The molecule has 1 heterocycles. The molecule has 0 aliphatic carbocycles. The van der Waals surface area contributed by atoms with E-state index in [1.165, 1.54) is 0 Å². The molecule has 2 atom stereocenters. The zero-order valence-electron chi connectivity index (χ0n) is 10.2. The van der Waals surface area contributed by atoms with Crippen LogP contribution in [-0.4, -0.2) is 36.1 Å². The first kappa shape index (κ1) is 12.9. The zero-order valence-corrected chi connectivity index (χ0v) is 10.2. The molecule has 1 rings (SSSR count). The molecule has 0 amide bonds. The largest absolute Gasteiger partial charge is 0.390 e. The predicted molar refractivity (Wildman–Crippen MR) is 59.9 cm³/mol. The Hall–Kier alpha value is -0.120. The number of aliphatic hydroxyl groups excluding tert-OH is 1. The van der Waals surface area contributed by atoms with Crippen molar-refractivity contribution in [1.29, 1.82) is 0 Å². The standard InChI is InChI=1S/C12H24O3/c1-4-15-12(2,3)11(13)8-7-10-6-5-9-14-10/h10-11,13H,4-9H2,1-3H3. The van der Waals surface area contributed by atoms with Crippen LogP contribution in [0.1, 0.15) is 46.5 Å². The molecule has 0 saturated carbocycles. The molecule has 90 valence electrons. The lowest BCUT2D eigenvalue weighted by molar-refractivity contribution is -0.102. The molecule has 0 radical (unpaired) electrons. The highest BCUT2D eigenvalue weighted by Gasteiger charge is 2.29. The molecule has 3 nitrogen and oxygen atoms in total. The third-order valence-corrected chi connectivity index (χ3v) is 3.10. The Bertz CT molecular complexity index is 174. The van der Waals surface area contributed by atoms with Crippen LogP contribution < -0.4 is 0 Å². The number of hydrogen-bond donors (Lipinski definition) is 1. The summed E-state index contributed by atoms with van der Waals surface area (Å²) in [5.41, 5.74) is -0.437. The van der Waals surface area contributed by atoms with Crippen molar-refractivity contribution in [3.63, 3.8) is 0 Å². The first-order valence-corrected chi connectivity index (χ1v) is 6.00. The summed E-state index contributed by atoms with van der Waals surface area (Å²) in [4.78, 5) is 0. The number of ether oxygens (including phenoxy) is 2. The third-order valence-electron chi connectivity index (χ3n) is 3.10. The number of aliphatic hydroxyl groups is 1. The van der Waals surface area contributed by atoms with Crippen LogP contribution in [0.2, 0.25) is 0 Å². The van der Waals surface area contributed by atoms with Crippen LogP contribution in [0, 0.1) is 0 Å². The molecule has 0 aromatic rings. The second-order valence-electron chi connectivity index (χ2n) is 4.76. The van der Waals surface area contributed by atoms with Gasteiger partial charge in [0.25, 0.3) is 0 Å². The van der Waals surface area contributed by atoms with E-state index in [0.717, 1.165) is 32.3 Å². The SMILES string of the molecule is CCOC(C)(C)C(O)CCC1CCCO1. The molecule has 0 spiro atoms. The van der Waals surface area contributed by atoms with Gasteiger partial charge in [-0.2, -0.15) is 0 Å². The van der Waals surface area contributed by atoms with Gasteiger partial charge < -0.3 is 14.6 Å². The molecular formula is C12H24O3. The second-order valence-corrected chi connectivity index (χ2v) is 4.76. The Labute approximate surface area is 92.8 Å². The van der Waals surface area contributed by atoms with E-state index in [9.17, 15) is 5.11 Å². The van der Waals surface area contributed by atoms with Crippen molar-refractivity contribution in [2.45, 2.75) is 64.3 Å². The van der Waals surface area contributed by atoms with Crippen LogP contribution in [0.3, 0.4) is 0 Å². The Morgan fingerprint density at radius 1 is 1.53 bits per heavy atom. The normalized spacial score (nSPS) is 24.4. The van der Waals surface area contributed by atoms with Gasteiger partial charge in [0.2, 0.25) is 0 Å². The van der Waals surface area contributed by atoms with E-state index >= 15 is 0 Å². The van der Waals surface area contributed by atoms with Gasteiger partial charge in [0.05, 0.1) is 17.8 Å². The van der Waals surface area contributed by atoms with E-state index in [0.29, 0.717) is 12.7 Å². The van der Waals surface area contributed by atoms with Gasteiger partial charge >= 0.3 is 0 Å². The monoisotopic (exact) mass is 216 g/mol. The van der Waals surface area contributed by atoms with Crippen LogP contribution >= 0.6 is 0 Å². The lowest BCUT2D eigenvalue weighted by Gasteiger charge is -2.30. The quantitative estimate of drug-likeness (QED) is 0.739.